The Morgan fingerprint density at radius 2 is 1.76 bits per heavy atom. The molecule has 0 spiro atoms. The fourth-order valence-electron chi connectivity index (χ4n) is 2.78. The van der Waals surface area contributed by atoms with Gasteiger partial charge >= 0.3 is 0 Å². The predicted octanol–water partition coefficient (Wildman–Crippen LogP) is 3.54. The molecule has 0 aromatic heterocycles. The van der Waals surface area contributed by atoms with Gasteiger partial charge in [-0.15, -0.1) is 0 Å². The van der Waals surface area contributed by atoms with Crippen molar-refractivity contribution in [1.82, 2.24) is 5.32 Å². The number of rotatable bonds is 2. The molecule has 2 rings (SSSR count). The molecule has 1 aromatic rings. The van der Waals surface area contributed by atoms with Gasteiger partial charge in [-0.3, -0.25) is 0 Å². The minimum absolute atomic E-state index is 0.715. The van der Waals surface area contributed by atoms with Crippen LogP contribution in [0.3, 0.4) is 0 Å². The third-order valence-corrected chi connectivity index (χ3v) is 4.22. The Morgan fingerprint density at radius 3 is 2.41 bits per heavy atom. The van der Waals surface area contributed by atoms with Gasteiger partial charge in [-0.25, -0.2) is 0 Å². The van der Waals surface area contributed by atoms with E-state index in [1.807, 2.05) is 0 Å². The van der Waals surface area contributed by atoms with Crippen LogP contribution in [0, 0.1) is 26.7 Å². The third kappa shape index (κ3) is 3.10. The molecular formula is C16H25N. The summed E-state index contributed by atoms with van der Waals surface area (Å²) >= 11 is 0. The standard InChI is InChI=1S/C16H25N/c1-11-7-13(3)16(8-12(11)2)9-15-6-5-14(4)17-10-15/h7-8,14-15,17H,5-6,9-10H2,1-4H3. The van der Waals surface area contributed by atoms with E-state index in [2.05, 4.69) is 45.1 Å². The van der Waals surface area contributed by atoms with E-state index >= 15 is 0 Å². The van der Waals surface area contributed by atoms with Crippen molar-refractivity contribution in [3.05, 3.63) is 34.4 Å². The maximum Gasteiger partial charge on any atom is 0.00389 e. The quantitative estimate of drug-likeness (QED) is 0.821. The number of benzene rings is 1. The summed E-state index contributed by atoms with van der Waals surface area (Å²) in [4.78, 5) is 0. The number of nitrogens with one attached hydrogen (secondary N) is 1. The van der Waals surface area contributed by atoms with Gasteiger partial charge in [0.15, 0.2) is 0 Å². The first-order chi connectivity index (χ1) is 8.06. The van der Waals surface area contributed by atoms with E-state index in [0.717, 1.165) is 5.92 Å². The molecule has 0 saturated carbocycles. The van der Waals surface area contributed by atoms with Crippen LogP contribution in [0.4, 0.5) is 0 Å². The number of piperidine rings is 1. The monoisotopic (exact) mass is 231 g/mol. The van der Waals surface area contributed by atoms with Crippen molar-refractivity contribution in [1.29, 1.82) is 0 Å². The molecule has 1 fully saturated rings. The Labute approximate surface area is 106 Å². The summed E-state index contributed by atoms with van der Waals surface area (Å²) in [5.74, 6) is 0.826. The summed E-state index contributed by atoms with van der Waals surface area (Å²) in [7, 11) is 0. The molecule has 94 valence electrons. The first kappa shape index (κ1) is 12.6. The van der Waals surface area contributed by atoms with Gasteiger partial charge in [-0.2, -0.15) is 0 Å². The second-order valence-electron chi connectivity index (χ2n) is 5.82. The zero-order chi connectivity index (χ0) is 12.4. The summed E-state index contributed by atoms with van der Waals surface area (Å²) in [6.45, 7) is 10.2. The minimum atomic E-state index is 0.715. The maximum absolute atomic E-state index is 3.60. The summed E-state index contributed by atoms with van der Waals surface area (Å²) in [6, 6.07) is 5.44. The first-order valence-electron chi connectivity index (χ1n) is 6.86. The Morgan fingerprint density at radius 1 is 1.06 bits per heavy atom. The Bertz CT molecular complexity index is 387. The number of hydrogen-bond donors (Lipinski definition) is 1. The highest BCUT2D eigenvalue weighted by Crippen LogP contribution is 2.23. The van der Waals surface area contributed by atoms with Gasteiger partial charge in [-0.05, 0) is 81.7 Å². The van der Waals surface area contributed by atoms with E-state index in [1.54, 1.807) is 5.56 Å². The van der Waals surface area contributed by atoms with Crippen molar-refractivity contribution in [2.45, 2.75) is 53.0 Å². The fraction of sp³-hybridized carbons (Fsp3) is 0.625. The average molecular weight is 231 g/mol. The molecular weight excluding hydrogens is 206 g/mol. The van der Waals surface area contributed by atoms with Gasteiger partial charge in [0.2, 0.25) is 0 Å². The molecule has 2 unspecified atom stereocenters. The summed E-state index contributed by atoms with van der Waals surface area (Å²) in [6.07, 6.45) is 3.95. The van der Waals surface area contributed by atoms with Crippen LogP contribution in [0.1, 0.15) is 42.0 Å². The lowest BCUT2D eigenvalue weighted by atomic mass is 9.87. The lowest BCUT2D eigenvalue weighted by Gasteiger charge is -2.28. The molecule has 1 heteroatoms. The largest absolute Gasteiger partial charge is 0.314 e. The van der Waals surface area contributed by atoms with E-state index in [4.69, 9.17) is 0 Å². The molecule has 1 aromatic carbocycles. The van der Waals surface area contributed by atoms with E-state index < -0.39 is 0 Å². The number of hydrogen-bond acceptors (Lipinski definition) is 1. The van der Waals surface area contributed by atoms with Crippen LogP contribution in [-0.2, 0) is 6.42 Å². The summed E-state index contributed by atoms with van der Waals surface area (Å²) in [5, 5.41) is 3.60. The first-order valence-corrected chi connectivity index (χ1v) is 6.86. The SMILES string of the molecule is Cc1cc(C)c(CC2CCC(C)NC2)cc1C. The van der Waals surface area contributed by atoms with Gasteiger partial charge in [-0.1, -0.05) is 12.1 Å². The molecule has 1 aliphatic rings. The van der Waals surface area contributed by atoms with Crippen molar-refractivity contribution in [3.8, 4) is 0 Å². The van der Waals surface area contributed by atoms with Gasteiger partial charge in [0, 0.05) is 6.04 Å². The molecule has 0 bridgehead atoms. The average Bonchev–Trinajstić information content (AvgIpc) is 2.29. The van der Waals surface area contributed by atoms with E-state index in [1.165, 1.54) is 42.5 Å². The van der Waals surface area contributed by atoms with Crippen LogP contribution in [0.15, 0.2) is 12.1 Å². The molecule has 0 aliphatic carbocycles. The van der Waals surface area contributed by atoms with Crippen molar-refractivity contribution in [2.75, 3.05) is 6.54 Å². The smallest absolute Gasteiger partial charge is 0.00389 e. The lowest BCUT2D eigenvalue weighted by Crippen LogP contribution is -2.37. The van der Waals surface area contributed by atoms with Crippen LogP contribution in [0.2, 0.25) is 0 Å². The minimum Gasteiger partial charge on any atom is -0.314 e. The van der Waals surface area contributed by atoms with Crippen LogP contribution < -0.4 is 5.32 Å². The van der Waals surface area contributed by atoms with Gasteiger partial charge in [0.25, 0.3) is 0 Å². The highest BCUT2D eigenvalue weighted by atomic mass is 14.9. The zero-order valence-electron chi connectivity index (χ0n) is 11.6. The molecule has 1 nitrogen and oxygen atoms in total. The van der Waals surface area contributed by atoms with E-state index in [-0.39, 0.29) is 0 Å². The van der Waals surface area contributed by atoms with Crippen LogP contribution in [-0.4, -0.2) is 12.6 Å². The van der Waals surface area contributed by atoms with Crippen LogP contribution in [0.5, 0.6) is 0 Å². The van der Waals surface area contributed by atoms with Crippen molar-refractivity contribution in [2.24, 2.45) is 5.92 Å². The Kier molecular flexibility index (Phi) is 3.88. The molecule has 1 N–H and O–H groups in total. The fourth-order valence-corrected chi connectivity index (χ4v) is 2.78. The zero-order valence-corrected chi connectivity index (χ0v) is 11.6. The predicted molar refractivity (Wildman–Crippen MR) is 74.5 cm³/mol. The van der Waals surface area contributed by atoms with Gasteiger partial charge in [0.05, 0.1) is 0 Å². The van der Waals surface area contributed by atoms with E-state index in [9.17, 15) is 0 Å². The topological polar surface area (TPSA) is 12.0 Å². The molecule has 1 aliphatic heterocycles. The second-order valence-corrected chi connectivity index (χ2v) is 5.82. The lowest BCUT2D eigenvalue weighted by molar-refractivity contribution is 0.322. The normalized spacial score (nSPS) is 24.9. The van der Waals surface area contributed by atoms with Crippen molar-refractivity contribution >= 4 is 0 Å². The molecule has 17 heavy (non-hydrogen) atoms. The van der Waals surface area contributed by atoms with Gasteiger partial charge in [0.1, 0.15) is 0 Å². The van der Waals surface area contributed by atoms with E-state index in [0.29, 0.717) is 6.04 Å². The Hall–Kier alpha value is -0.820. The van der Waals surface area contributed by atoms with Crippen LogP contribution >= 0.6 is 0 Å². The van der Waals surface area contributed by atoms with Crippen LogP contribution in [0.25, 0.3) is 0 Å². The second kappa shape index (κ2) is 5.22. The highest BCUT2D eigenvalue weighted by molar-refractivity contribution is 5.36. The Balaban J connectivity index is 2.06. The summed E-state index contributed by atoms with van der Waals surface area (Å²) < 4.78 is 0. The maximum atomic E-state index is 3.60. The molecule has 2 atom stereocenters. The molecule has 0 radical (unpaired) electrons. The van der Waals surface area contributed by atoms with Crippen molar-refractivity contribution in [3.63, 3.8) is 0 Å². The highest BCUT2D eigenvalue weighted by Gasteiger charge is 2.18. The third-order valence-electron chi connectivity index (χ3n) is 4.22. The molecule has 0 amide bonds. The molecule has 1 saturated heterocycles. The van der Waals surface area contributed by atoms with Gasteiger partial charge < -0.3 is 5.32 Å². The molecule has 1 heterocycles. The summed E-state index contributed by atoms with van der Waals surface area (Å²) in [5.41, 5.74) is 5.87. The number of aryl methyl sites for hydroxylation is 3. The van der Waals surface area contributed by atoms with Crippen molar-refractivity contribution < 1.29 is 0 Å².